The molecule has 0 radical (unpaired) electrons. The van der Waals surface area contributed by atoms with Crippen molar-refractivity contribution in [3.05, 3.63) is 48.7 Å². The third-order valence-electron chi connectivity index (χ3n) is 4.61. The molecule has 2 atom stereocenters. The van der Waals surface area contributed by atoms with Crippen LogP contribution in [0, 0.1) is 5.92 Å². The van der Waals surface area contributed by atoms with Gasteiger partial charge in [-0.3, -0.25) is 4.90 Å². The Bertz CT molecular complexity index is 669. The average molecular weight is 294 g/mol. The van der Waals surface area contributed by atoms with Crippen LogP contribution in [0.2, 0.25) is 0 Å². The highest BCUT2D eigenvalue weighted by Gasteiger charge is 2.39. The minimum atomic E-state index is -0.261. The largest absolute Gasteiger partial charge is 0.445 e. The molecule has 1 saturated carbocycles. The lowest BCUT2D eigenvalue weighted by Gasteiger charge is -2.33. The zero-order valence-electron chi connectivity index (χ0n) is 12.3. The van der Waals surface area contributed by atoms with E-state index in [1.807, 2.05) is 36.5 Å². The molecule has 4 rings (SSSR count). The van der Waals surface area contributed by atoms with Crippen LogP contribution in [0.3, 0.4) is 0 Å². The van der Waals surface area contributed by atoms with Crippen molar-refractivity contribution in [1.29, 1.82) is 0 Å². The van der Waals surface area contributed by atoms with Crippen molar-refractivity contribution in [3.63, 3.8) is 0 Å². The highest BCUT2D eigenvalue weighted by molar-refractivity contribution is 5.87. The molecule has 2 fully saturated rings. The quantitative estimate of drug-likeness (QED) is 0.844. The average Bonchev–Trinajstić information content (AvgIpc) is 3.02. The van der Waals surface area contributed by atoms with Gasteiger partial charge in [-0.1, -0.05) is 30.3 Å². The Morgan fingerprint density at radius 1 is 1.05 bits per heavy atom. The number of hydrogen-bond donors (Lipinski definition) is 0. The normalized spacial score (nSPS) is 24.0. The van der Waals surface area contributed by atoms with Gasteiger partial charge in [0.05, 0.1) is 0 Å². The van der Waals surface area contributed by atoms with Gasteiger partial charge in [0.2, 0.25) is 0 Å². The van der Waals surface area contributed by atoms with Crippen LogP contribution in [0.5, 0.6) is 0 Å². The van der Waals surface area contributed by atoms with Gasteiger partial charge >= 0.3 is 6.09 Å². The van der Waals surface area contributed by atoms with Crippen LogP contribution in [0.1, 0.15) is 19.3 Å². The summed E-state index contributed by atoms with van der Waals surface area (Å²) in [6, 6.07) is 14.0. The van der Waals surface area contributed by atoms with Crippen molar-refractivity contribution in [2.45, 2.75) is 25.4 Å². The van der Waals surface area contributed by atoms with Crippen molar-refractivity contribution < 1.29 is 9.53 Å². The lowest BCUT2D eigenvalue weighted by Crippen LogP contribution is -2.46. The number of hydrogen-bond acceptors (Lipinski definition) is 3. The van der Waals surface area contributed by atoms with E-state index in [1.54, 1.807) is 4.90 Å². The molecular formula is C18H18N2O2. The molecule has 0 unspecified atom stereocenters. The second-order valence-corrected chi connectivity index (χ2v) is 5.99. The fourth-order valence-electron chi connectivity index (χ4n) is 3.40. The molecule has 1 aromatic heterocycles. The highest BCUT2D eigenvalue weighted by atomic mass is 16.6. The van der Waals surface area contributed by atoms with Gasteiger partial charge < -0.3 is 4.74 Å². The Kier molecular flexibility index (Phi) is 3.29. The molecule has 4 nitrogen and oxygen atoms in total. The number of anilines is 1. The van der Waals surface area contributed by atoms with E-state index in [2.05, 4.69) is 17.1 Å². The molecule has 2 aromatic rings. The van der Waals surface area contributed by atoms with E-state index in [9.17, 15) is 4.79 Å². The Morgan fingerprint density at radius 3 is 2.68 bits per heavy atom. The minimum Gasteiger partial charge on any atom is -0.445 e. The maximum absolute atomic E-state index is 12.2. The van der Waals surface area contributed by atoms with Crippen molar-refractivity contribution >= 4 is 11.9 Å². The molecule has 4 heteroatoms. The predicted molar refractivity (Wildman–Crippen MR) is 84.6 cm³/mol. The summed E-state index contributed by atoms with van der Waals surface area (Å²) in [4.78, 5) is 18.3. The number of pyridine rings is 1. The number of benzene rings is 1. The molecule has 0 N–H and O–H groups in total. The number of nitrogens with zero attached hydrogens (tertiary/aromatic N) is 2. The third-order valence-corrected chi connectivity index (χ3v) is 4.61. The summed E-state index contributed by atoms with van der Waals surface area (Å²) in [7, 11) is 0. The Morgan fingerprint density at radius 2 is 1.91 bits per heavy atom. The van der Waals surface area contributed by atoms with E-state index in [1.165, 1.54) is 0 Å². The van der Waals surface area contributed by atoms with Crippen LogP contribution in [0.25, 0.3) is 11.1 Å². The van der Waals surface area contributed by atoms with E-state index in [-0.39, 0.29) is 12.2 Å². The number of rotatable bonds is 2. The molecule has 0 spiro atoms. The number of fused-ring (bicyclic) bond motifs is 1. The monoisotopic (exact) mass is 294 g/mol. The zero-order valence-corrected chi connectivity index (χ0v) is 12.3. The second-order valence-electron chi connectivity index (χ2n) is 5.99. The number of ether oxygens (including phenoxy) is 1. The summed E-state index contributed by atoms with van der Waals surface area (Å²) in [5.74, 6) is 1.13. The molecule has 2 aliphatic rings. The van der Waals surface area contributed by atoms with Crippen LogP contribution in [-0.2, 0) is 4.74 Å². The molecular weight excluding hydrogens is 276 g/mol. The first-order chi connectivity index (χ1) is 10.8. The van der Waals surface area contributed by atoms with Crippen molar-refractivity contribution in [2.75, 3.05) is 11.4 Å². The predicted octanol–water partition coefficient (Wildman–Crippen LogP) is 3.87. The smallest absolute Gasteiger partial charge is 0.415 e. The zero-order chi connectivity index (χ0) is 14.9. The number of carbonyl (C=O) groups is 1. The number of carbonyl (C=O) groups excluding carboxylic acids is 1. The van der Waals surface area contributed by atoms with Gasteiger partial charge in [-0.15, -0.1) is 0 Å². The second kappa shape index (κ2) is 5.44. The first-order valence-corrected chi connectivity index (χ1v) is 7.81. The standard InChI is InChI=1S/C18H18N2O2/c21-18-20(12-15-7-4-8-16(15)22-18)17-10-9-14(11-19-17)13-5-2-1-3-6-13/h1-3,5-6,9-11,15-16H,4,7-8,12H2/t15-,16+/m1/s1. The fourth-order valence-corrected chi connectivity index (χ4v) is 3.40. The van der Waals surface area contributed by atoms with Gasteiger partial charge in [-0.25, -0.2) is 9.78 Å². The molecule has 1 aliphatic carbocycles. The maximum Gasteiger partial charge on any atom is 0.415 e. The summed E-state index contributed by atoms with van der Waals surface area (Å²) in [6.45, 7) is 0.723. The Balaban J connectivity index is 1.57. The van der Waals surface area contributed by atoms with Gasteiger partial charge in [0.15, 0.2) is 0 Å². The van der Waals surface area contributed by atoms with Gasteiger partial charge in [0, 0.05) is 24.2 Å². The van der Waals surface area contributed by atoms with Gasteiger partial charge in [-0.05, 0) is 37.0 Å². The molecule has 1 amide bonds. The number of aromatic nitrogens is 1. The summed E-state index contributed by atoms with van der Waals surface area (Å²) in [5.41, 5.74) is 2.17. The van der Waals surface area contributed by atoms with E-state index in [0.29, 0.717) is 11.7 Å². The van der Waals surface area contributed by atoms with E-state index < -0.39 is 0 Å². The van der Waals surface area contributed by atoms with Gasteiger partial charge in [0.1, 0.15) is 11.9 Å². The van der Waals surface area contributed by atoms with E-state index >= 15 is 0 Å². The minimum absolute atomic E-state index is 0.118. The summed E-state index contributed by atoms with van der Waals surface area (Å²) in [6.07, 6.45) is 4.96. The SMILES string of the molecule is O=C1O[C@H]2CCC[C@@H]2CN1c1ccc(-c2ccccc2)cn1. The molecule has 1 aliphatic heterocycles. The Labute approximate surface area is 129 Å². The van der Waals surface area contributed by atoms with Crippen molar-refractivity contribution in [1.82, 2.24) is 4.98 Å². The molecule has 112 valence electrons. The van der Waals surface area contributed by atoms with Crippen molar-refractivity contribution in [2.24, 2.45) is 5.92 Å². The van der Waals surface area contributed by atoms with Crippen LogP contribution in [-0.4, -0.2) is 23.7 Å². The van der Waals surface area contributed by atoms with Crippen LogP contribution in [0.15, 0.2) is 48.7 Å². The summed E-state index contributed by atoms with van der Waals surface area (Å²) >= 11 is 0. The molecule has 22 heavy (non-hydrogen) atoms. The highest BCUT2D eigenvalue weighted by Crippen LogP contribution is 2.34. The molecule has 1 aromatic carbocycles. The van der Waals surface area contributed by atoms with Crippen LogP contribution < -0.4 is 4.90 Å². The topological polar surface area (TPSA) is 42.4 Å². The maximum atomic E-state index is 12.2. The Hall–Kier alpha value is -2.36. The van der Waals surface area contributed by atoms with Crippen LogP contribution in [0.4, 0.5) is 10.6 Å². The lowest BCUT2D eigenvalue weighted by molar-refractivity contribution is 0.0633. The van der Waals surface area contributed by atoms with E-state index in [4.69, 9.17) is 4.74 Å². The first kappa shape index (κ1) is 13.3. The van der Waals surface area contributed by atoms with Gasteiger partial charge in [-0.2, -0.15) is 0 Å². The van der Waals surface area contributed by atoms with Crippen LogP contribution >= 0.6 is 0 Å². The fraction of sp³-hybridized carbons (Fsp3) is 0.333. The van der Waals surface area contributed by atoms with Crippen molar-refractivity contribution in [3.8, 4) is 11.1 Å². The lowest BCUT2D eigenvalue weighted by atomic mass is 10.0. The number of amides is 1. The summed E-state index contributed by atoms with van der Waals surface area (Å²) in [5, 5.41) is 0. The molecule has 2 heterocycles. The third kappa shape index (κ3) is 2.34. The van der Waals surface area contributed by atoms with Gasteiger partial charge in [0.25, 0.3) is 0 Å². The molecule has 0 bridgehead atoms. The van der Waals surface area contributed by atoms with E-state index in [0.717, 1.165) is 36.9 Å². The molecule has 1 saturated heterocycles. The summed E-state index contributed by atoms with van der Waals surface area (Å²) < 4.78 is 5.54. The first-order valence-electron chi connectivity index (χ1n) is 7.81.